The lowest BCUT2D eigenvalue weighted by Crippen LogP contribution is -2.05. The molecule has 0 N–H and O–H groups in total. The summed E-state index contributed by atoms with van der Waals surface area (Å²) >= 11 is 1.45. The Balaban J connectivity index is 1.55. The van der Waals surface area contributed by atoms with E-state index < -0.39 is 0 Å². The van der Waals surface area contributed by atoms with E-state index in [-0.39, 0.29) is 0 Å². The molecule has 4 rings (SSSR count). The van der Waals surface area contributed by atoms with Crippen molar-refractivity contribution in [2.75, 3.05) is 0 Å². The third-order valence-corrected chi connectivity index (χ3v) is 8.35. The molecule has 0 unspecified atom stereocenters. The van der Waals surface area contributed by atoms with Crippen LogP contribution in [0.1, 0.15) is 145 Å². The van der Waals surface area contributed by atoms with Crippen LogP contribution in [0.4, 0.5) is 0 Å². The molecule has 2 aromatic rings. The Kier molecular flexibility index (Phi) is 9.02. The predicted octanol–water partition coefficient (Wildman–Crippen LogP) is 9.30. The molecule has 0 bridgehead atoms. The molecule has 1 heterocycles. The van der Waals surface area contributed by atoms with Crippen molar-refractivity contribution in [3.63, 3.8) is 0 Å². The van der Waals surface area contributed by atoms with Crippen LogP contribution in [0.3, 0.4) is 0 Å². The Bertz CT molecular complexity index is 730. The molecule has 0 saturated heterocycles. The van der Waals surface area contributed by atoms with E-state index in [0.717, 1.165) is 0 Å². The first kappa shape index (κ1) is 22.2. The molecule has 0 amide bonds. The Morgan fingerprint density at radius 1 is 0.467 bits per heavy atom. The van der Waals surface area contributed by atoms with Gasteiger partial charge >= 0.3 is 0 Å². The van der Waals surface area contributed by atoms with Crippen LogP contribution < -0.4 is 0 Å². The third-order valence-electron chi connectivity index (χ3n) is 7.82. The van der Waals surface area contributed by atoms with Gasteiger partial charge in [0.2, 0.25) is 0 Å². The number of nitrogens with zero attached hydrogens (tertiary/aromatic N) is 2. The van der Waals surface area contributed by atoms with Gasteiger partial charge in [0.15, 0.2) is 0 Å². The average molecular weight is 427 g/mol. The summed E-state index contributed by atoms with van der Waals surface area (Å²) < 4.78 is 9.74. The first-order chi connectivity index (χ1) is 14.9. The zero-order valence-corrected chi connectivity index (χ0v) is 19.9. The lowest BCUT2D eigenvalue weighted by Gasteiger charge is -2.22. The summed E-state index contributed by atoms with van der Waals surface area (Å²) in [5.41, 5.74) is 5.55. The van der Waals surface area contributed by atoms with Crippen molar-refractivity contribution in [1.29, 1.82) is 0 Å². The minimum atomic E-state index is 0.688. The fraction of sp³-hybridized carbons (Fsp3) is 0.778. The molecular formula is C27H42N2S. The fourth-order valence-electron chi connectivity index (χ4n) is 5.98. The maximum Gasteiger partial charge on any atom is 0.108 e. The zero-order valence-electron chi connectivity index (χ0n) is 19.0. The molecule has 0 atom stereocenters. The van der Waals surface area contributed by atoms with E-state index in [1.807, 2.05) is 0 Å². The molecule has 166 valence electrons. The SMILES string of the molecule is c1cc(C2CCCCCCCCC2)c2nsnc2c1C1CCCCCCCCCC1. The maximum absolute atomic E-state index is 4.87. The molecule has 2 nitrogen and oxygen atoms in total. The molecule has 0 aliphatic heterocycles. The summed E-state index contributed by atoms with van der Waals surface area (Å²) in [5, 5.41) is 0. The molecule has 1 aromatic heterocycles. The van der Waals surface area contributed by atoms with Crippen LogP contribution in [-0.2, 0) is 0 Å². The van der Waals surface area contributed by atoms with Gasteiger partial charge in [0, 0.05) is 0 Å². The van der Waals surface area contributed by atoms with E-state index in [9.17, 15) is 0 Å². The van der Waals surface area contributed by atoms with Crippen molar-refractivity contribution >= 4 is 22.8 Å². The highest BCUT2D eigenvalue weighted by molar-refractivity contribution is 7.00. The quantitative estimate of drug-likeness (QED) is 0.478. The van der Waals surface area contributed by atoms with Crippen molar-refractivity contribution in [3.05, 3.63) is 23.3 Å². The second-order valence-electron chi connectivity index (χ2n) is 10.1. The van der Waals surface area contributed by atoms with Crippen molar-refractivity contribution in [2.24, 2.45) is 0 Å². The van der Waals surface area contributed by atoms with Crippen LogP contribution in [0, 0.1) is 0 Å². The Morgan fingerprint density at radius 2 is 0.767 bits per heavy atom. The number of benzene rings is 1. The summed E-state index contributed by atoms with van der Waals surface area (Å²) in [7, 11) is 0. The summed E-state index contributed by atoms with van der Waals surface area (Å²) in [4.78, 5) is 0. The van der Waals surface area contributed by atoms with E-state index >= 15 is 0 Å². The minimum absolute atomic E-state index is 0.688. The molecule has 3 heteroatoms. The Morgan fingerprint density at radius 3 is 1.10 bits per heavy atom. The largest absolute Gasteiger partial charge is 0.173 e. The molecule has 2 fully saturated rings. The van der Waals surface area contributed by atoms with Gasteiger partial charge in [-0.15, -0.1) is 0 Å². The first-order valence-electron chi connectivity index (χ1n) is 13.2. The highest BCUT2D eigenvalue weighted by Gasteiger charge is 2.22. The second-order valence-corrected chi connectivity index (χ2v) is 10.6. The van der Waals surface area contributed by atoms with Crippen LogP contribution in [0.15, 0.2) is 12.1 Å². The molecule has 2 aliphatic carbocycles. The Labute approximate surface area is 188 Å². The van der Waals surface area contributed by atoms with Gasteiger partial charge < -0.3 is 0 Å². The van der Waals surface area contributed by atoms with Gasteiger partial charge in [0.25, 0.3) is 0 Å². The molecule has 2 saturated carbocycles. The van der Waals surface area contributed by atoms with E-state index in [4.69, 9.17) is 8.75 Å². The van der Waals surface area contributed by atoms with E-state index in [1.54, 1.807) is 0 Å². The predicted molar refractivity (Wildman–Crippen MR) is 131 cm³/mol. The van der Waals surface area contributed by atoms with Gasteiger partial charge in [-0.25, -0.2) is 0 Å². The molecule has 30 heavy (non-hydrogen) atoms. The topological polar surface area (TPSA) is 25.8 Å². The summed E-state index contributed by atoms with van der Waals surface area (Å²) in [6.45, 7) is 0. The van der Waals surface area contributed by atoms with E-state index in [2.05, 4.69) is 12.1 Å². The van der Waals surface area contributed by atoms with Crippen LogP contribution in [0.5, 0.6) is 0 Å². The number of rotatable bonds is 2. The minimum Gasteiger partial charge on any atom is -0.173 e. The lowest BCUT2D eigenvalue weighted by molar-refractivity contribution is 0.464. The van der Waals surface area contributed by atoms with Gasteiger partial charge in [0.05, 0.1) is 11.7 Å². The number of fused-ring (bicyclic) bond motifs is 1. The van der Waals surface area contributed by atoms with Gasteiger partial charge in [-0.05, 0) is 48.6 Å². The highest BCUT2D eigenvalue weighted by Crippen LogP contribution is 2.39. The summed E-state index contributed by atoms with van der Waals surface area (Å²) in [6.07, 6.45) is 26.6. The normalized spacial score (nSPS) is 22.5. The second kappa shape index (κ2) is 12.2. The summed E-state index contributed by atoms with van der Waals surface area (Å²) in [6, 6.07) is 4.95. The van der Waals surface area contributed by atoms with E-state index in [1.165, 1.54) is 156 Å². The number of hydrogen-bond donors (Lipinski definition) is 0. The van der Waals surface area contributed by atoms with Crippen LogP contribution in [0.2, 0.25) is 0 Å². The lowest BCUT2D eigenvalue weighted by atomic mass is 9.83. The fourth-order valence-corrected chi connectivity index (χ4v) is 6.57. The van der Waals surface area contributed by atoms with Crippen molar-refractivity contribution in [1.82, 2.24) is 8.75 Å². The smallest absolute Gasteiger partial charge is 0.108 e. The number of aromatic nitrogens is 2. The molecule has 1 aromatic carbocycles. The van der Waals surface area contributed by atoms with Gasteiger partial charge in [0.1, 0.15) is 11.0 Å². The van der Waals surface area contributed by atoms with Crippen LogP contribution >= 0.6 is 11.7 Å². The first-order valence-corrected chi connectivity index (χ1v) is 13.9. The molecule has 0 spiro atoms. The number of hydrogen-bond acceptors (Lipinski definition) is 3. The van der Waals surface area contributed by atoms with Crippen LogP contribution in [0.25, 0.3) is 11.0 Å². The van der Waals surface area contributed by atoms with Gasteiger partial charge in [-0.3, -0.25) is 0 Å². The Hall–Kier alpha value is -0.960. The zero-order chi connectivity index (χ0) is 20.4. The monoisotopic (exact) mass is 426 g/mol. The summed E-state index contributed by atoms with van der Waals surface area (Å²) in [5.74, 6) is 1.38. The van der Waals surface area contributed by atoms with Gasteiger partial charge in [-0.1, -0.05) is 108 Å². The highest BCUT2D eigenvalue weighted by atomic mass is 32.1. The van der Waals surface area contributed by atoms with E-state index in [0.29, 0.717) is 11.8 Å². The van der Waals surface area contributed by atoms with Gasteiger partial charge in [-0.2, -0.15) is 8.75 Å². The van der Waals surface area contributed by atoms with Crippen molar-refractivity contribution in [2.45, 2.75) is 134 Å². The maximum atomic E-state index is 4.87. The average Bonchev–Trinajstić information content (AvgIpc) is 3.24. The standard InChI is InChI=1S/C27H42N2S/c1-2-5-9-13-17-22(16-12-8-4-1)24-20-21-25(27-26(24)28-30-29-27)23-18-14-10-6-3-7-11-15-19-23/h20-23H,1-19H2. The van der Waals surface area contributed by atoms with Crippen LogP contribution in [-0.4, -0.2) is 8.75 Å². The molecule has 2 aliphatic rings. The molecular weight excluding hydrogens is 384 g/mol. The van der Waals surface area contributed by atoms with Crippen molar-refractivity contribution < 1.29 is 0 Å². The van der Waals surface area contributed by atoms with Crippen molar-refractivity contribution in [3.8, 4) is 0 Å². The third kappa shape index (κ3) is 6.05. The molecule has 0 radical (unpaired) electrons.